The number of nitrogens with zero attached hydrogens (tertiary/aromatic N) is 2. The zero-order valence-corrected chi connectivity index (χ0v) is 9.44. The maximum atomic E-state index is 13.0. The number of benzene rings is 1. The van der Waals surface area contributed by atoms with Gasteiger partial charge in [0.05, 0.1) is 0 Å². The molecule has 0 aliphatic rings. The molecule has 0 aliphatic carbocycles. The predicted octanol–water partition coefficient (Wildman–Crippen LogP) is 1.80. The van der Waals surface area contributed by atoms with Gasteiger partial charge in [0.25, 0.3) is 0 Å². The first-order chi connectivity index (χ1) is 8.17. The number of anilines is 1. The summed E-state index contributed by atoms with van der Waals surface area (Å²) in [6, 6.07) is 8.14. The van der Waals surface area contributed by atoms with Gasteiger partial charge in [-0.2, -0.15) is 0 Å². The van der Waals surface area contributed by atoms with Crippen LogP contribution in [-0.2, 0) is 6.42 Å². The van der Waals surface area contributed by atoms with E-state index in [2.05, 4.69) is 15.4 Å². The lowest BCUT2D eigenvalue weighted by molar-refractivity contribution is 0.625. The zero-order valence-electron chi connectivity index (χ0n) is 9.44. The molecule has 2 aromatic rings. The predicted molar refractivity (Wildman–Crippen MR) is 63.8 cm³/mol. The van der Waals surface area contributed by atoms with Crippen molar-refractivity contribution in [3.63, 3.8) is 0 Å². The molecule has 88 valence electrons. The van der Waals surface area contributed by atoms with Crippen LogP contribution in [0.3, 0.4) is 0 Å². The lowest BCUT2D eigenvalue weighted by Gasteiger charge is -2.05. The van der Waals surface area contributed by atoms with Crippen LogP contribution in [0.4, 0.5) is 10.2 Å². The van der Waals surface area contributed by atoms with Crippen LogP contribution in [0.25, 0.3) is 0 Å². The van der Waals surface area contributed by atoms with Crippen molar-refractivity contribution in [3.8, 4) is 0 Å². The molecule has 0 bridgehead atoms. The fourth-order valence-corrected chi connectivity index (χ4v) is 1.61. The molecule has 0 fully saturated rings. The number of hydrogen-bond acceptors (Lipinski definition) is 4. The van der Waals surface area contributed by atoms with Crippen molar-refractivity contribution in [2.45, 2.75) is 13.3 Å². The number of halogens is 1. The second-order valence-electron chi connectivity index (χ2n) is 3.76. The number of aromatic nitrogens is 2. The SMILES string of the molecule is Cc1cc(NN)nc(Cc2cccc(F)c2)n1. The Balaban J connectivity index is 2.26. The summed E-state index contributed by atoms with van der Waals surface area (Å²) in [6.45, 7) is 1.86. The standard InChI is InChI=1S/C12H13FN4/c1-8-5-12(17-14)16-11(15-8)7-9-3-2-4-10(13)6-9/h2-6H,7,14H2,1H3,(H,15,16,17). The number of nitrogens with two attached hydrogens (primary N) is 1. The minimum Gasteiger partial charge on any atom is -0.308 e. The van der Waals surface area contributed by atoms with Gasteiger partial charge in [-0.3, -0.25) is 0 Å². The Morgan fingerprint density at radius 2 is 2.12 bits per heavy atom. The molecule has 5 heteroatoms. The molecular weight excluding hydrogens is 219 g/mol. The summed E-state index contributed by atoms with van der Waals surface area (Å²) >= 11 is 0. The average molecular weight is 232 g/mol. The molecule has 0 saturated heterocycles. The van der Waals surface area contributed by atoms with Crippen LogP contribution in [-0.4, -0.2) is 9.97 Å². The Morgan fingerprint density at radius 3 is 2.82 bits per heavy atom. The maximum Gasteiger partial charge on any atom is 0.143 e. The van der Waals surface area contributed by atoms with Crippen LogP contribution >= 0.6 is 0 Å². The van der Waals surface area contributed by atoms with Crippen LogP contribution in [0.15, 0.2) is 30.3 Å². The van der Waals surface area contributed by atoms with E-state index in [9.17, 15) is 4.39 Å². The Morgan fingerprint density at radius 1 is 1.29 bits per heavy atom. The Bertz CT molecular complexity index is 528. The van der Waals surface area contributed by atoms with Gasteiger partial charge in [-0.15, -0.1) is 0 Å². The molecule has 4 nitrogen and oxygen atoms in total. The molecule has 0 radical (unpaired) electrons. The van der Waals surface area contributed by atoms with Crippen molar-refractivity contribution < 1.29 is 4.39 Å². The summed E-state index contributed by atoms with van der Waals surface area (Å²) in [5.41, 5.74) is 4.13. The summed E-state index contributed by atoms with van der Waals surface area (Å²) in [6.07, 6.45) is 0.480. The molecule has 1 aromatic carbocycles. The molecule has 0 spiro atoms. The van der Waals surface area contributed by atoms with Gasteiger partial charge in [0, 0.05) is 18.2 Å². The van der Waals surface area contributed by atoms with Crippen LogP contribution in [0.2, 0.25) is 0 Å². The number of hydrazine groups is 1. The van der Waals surface area contributed by atoms with Crippen LogP contribution in [0, 0.1) is 12.7 Å². The monoisotopic (exact) mass is 232 g/mol. The first-order valence-electron chi connectivity index (χ1n) is 5.23. The number of nitrogens with one attached hydrogen (secondary N) is 1. The molecule has 2 rings (SSSR count). The van der Waals surface area contributed by atoms with Crippen molar-refractivity contribution in [2.75, 3.05) is 5.43 Å². The summed E-state index contributed by atoms with van der Waals surface area (Å²) < 4.78 is 13.0. The first-order valence-corrected chi connectivity index (χ1v) is 5.23. The van der Waals surface area contributed by atoms with Crippen LogP contribution in [0.1, 0.15) is 17.1 Å². The highest BCUT2D eigenvalue weighted by Crippen LogP contribution is 2.10. The average Bonchev–Trinajstić information content (AvgIpc) is 2.28. The van der Waals surface area contributed by atoms with Gasteiger partial charge in [0.15, 0.2) is 0 Å². The number of hydrogen-bond donors (Lipinski definition) is 2. The lowest BCUT2D eigenvalue weighted by Crippen LogP contribution is -2.11. The maximum absolute atomic E-state index is 13.0. The summed E-state index contributed by atoms with van der Waals surface area (Å²) in [5.74, 6) is 6.22. The Kier molecular flexibility index (Phi) is 3.30. The highest BCUT2D eigenvalue weighted by Gasteiger charge is 2.03. The van der Waals surface area contributed by atoms with Gasteiger partial charge in [0.2, 0.25) is 0 Å². The van der Waals surface area contributed by atoms with Gasteiger partial charge in [-0.05, 0) is 24.6 Å². The van der Waals surface area contributed by atoms with Gasteiger partial charge in [0.1, 0.15) is 17.5 Å². The summed E-state index contributed by atoms with van der Waals surface area (Å²) in [5, 5.41) is 0. The topological polar surface area (TPSA) is 63.8 Å². The highest BCUT2D eigenvalue weighted by atomic mass is 19.1. The third-order valence-corrected chi connectivity index (χ3v) is 2.30. The van der Waals surface area contributed by atoms with E-state index >= 15 is 0 Å². The minimum absolute atomic E-state index is 0.257. The van der Waals surface area contributed by atoms with Gasteiger partial charge < -0.3 is 5.43 Å². The molecule has 3 N–H and O–H groups in total. The molecule has 0 amide bonds. The second-order valence-corrected chi connectivity index (χ2v) is 3.76. The normalized spacial score (nSPS) is 10.3. The van der Waals surface area contributed by atoms with Crippen molar-refractivity contribution in [3.05, 3.63) is 53.2 Å². The molecular formula is C12H13FN4. The third-order valence-electron chi connectivity index (χ3n) is 2.30. The van der Waals surface area contributed by atoms with E-state index in [-0.39, 0.29) is 5.82 Å². The minimum atomic E-state index is -0.257. The van der Waals surface area contributed by atoms with E-state index in [0.29, 0.717) is 18.1 Å². The Hall–Kier alpha value is -2.01. The quantitative estimate of drug-likeness (QED) is 0.625. The van der Waals surface area contributed by atoms with Gasteiger partial charge in [-0.1, -0.05) is 12.1 Å². The van der Waals surface area contributed by atoms with Crippen molar-refractivity contribution in [1.29, 1.82) is 0 Å². The van der Waals surface area contributed by atoms with E-state index < -0.39 is 0 Å². The summed E-state index contributed by atoms with van der Waals surface area (Å²) in [4.78, 5) is 8.48. The van der Waals surface area contributed by atoms with Crippen LogP contribution in [0.5, 0.6) is 0 Å². The largest absolute Gasteiger partial charge is 0.308 e. The lowest BCUT2D eigenvalue weighted by atomic mass is 10.1. The summed E-state index contributed by atoms with van der Waals surface area (Å²) in [7, 11) is 0. The molecule has 0 saturated carbocycles. The van der Waals surface area contributed by atoms with Crippen molar-refractivity contribution in [2.24, 2.45) is 5.84 Å². The molecule has 0 unspecified atom stereocenters. The van der Waals surface area contributed by atoms with E-state index in [1.807, 2.05) is 13.0 Å². The number of rotatable bonds is 3. The highest BCUT2D eigenvalue weighted by molar-refractivity contribution is 5.35. The van der Waals surface area contributed by atoms with E-state index in [1.54, 1.807) is 12.1 Å². The van der Waals surface area contributed by atoms with Crippen molar-refractivity contribution >= 4 is 5.82 Å². The zero-order chi connectivity index (χ0) is 12.3. The first kappa shape index (κ1) is 11.5. The molecule has 1 heterocycles. The second kappa shape index (κ2) is 4.88. The van der Waals surface area contributed by atoms with E-state index in [0.717, 1.165) is 11.3 Å². The molecule has 17 heavy (non-hydrogen) atoms. The Labute approximate surface area is 98.7 Å². The van der Waals surface area contributed by atoms with Crippen molar-refractivity contribution in [1.82, 2.24) is 9.97 Å². The molecule has 1 aromatic heterocycles. The number of aryl methyl sites for hydroxylation is 1. The number of nitrogen functional groups attached to an aromatic ring is 1. The molecule has 0 atom stereocenters. The fraction of sp³-hybridized carbons (Fsp3) is 0.167. The van der Waals surface area contributed by atoms with E-state index in [4.69, 9.17) is 5.84 Å². The van der Waals surface area contributed by atoms with E-state index in [1.165, 1.54) is 12.1 Å². The smallest absolute Gasteiger partial charge is 0.143 e. The van der Waals surface area contributed by atoms with Gasteiger partial charge >= 0.3 is 0 Å². The molecule has 0 aliphatic heterocycles. The van der Waals surface area contributed by atoms with Gasteiger partial charge in [-0.25, -0.2) is 20.2 Å². The fourth-order valence-electron chi connectivity index (χ4n) is 1.61. The van der Waals surface area contributed by atoms with Crippen LogP contribution < -0.4 is 11.3 Å². The third kappa shape index (κ3) is 2.98.